The van der Waals surface area contributed by atoms with Gasteiger partial charge in [-0.05, 0) is 43.7 Å². The molecule has 0 amide bonds. The summed E-state index contributed by atoms with van der Waals surface area (Å²) in [5, 5.41) is 45.4. The number of allylic oxidation sites excluding steroid dienone is 2. The van der Waals surface area contributed by atoms with E-state index in [1.807, 2.05) is 0 Å². The molecule has 2 rings (SSSR count). The van der Waals surface area contributed by atoms with Crippen LogP contribution in [-0.2, 0) is 18.8 Å². The summed E-state index contributed by atoms with van der Waals surface area (Å²) in [5.41, 5.74) is 0. The van der Waals surface area contributed by atoms with E-state index in [1.165, 1.54) is 12.2 Å². The molecular weight excluding hydrogens is 533 g/mol. The zero-order valence-electron chi connectivity index (χ0n) is 19.9. The summed E-state index contributed by atoms with van der Waals surface area (Å²) in [6.07, 6.45) is 4.24. The van der Waals surface area contributed by atoms with E-state index in [0.717, 1.165) is 19.3 Å². The third kappa shape index (κ3) is 9.14. The molecular formula is C21H33ClN5O9P. The number of hydrogen-bond donors (Lipinski definition) is 8. The Morgan fingerprint density at radius 3 is 2.51 bits per heavy atom. The SMILES string of the molecule is C=NC(=N)COCC(CO)(OC[C@H]1O[C@@H](/C=C/C=C/C(=N\C(=N)Cl)NC2CCC2)[C@H](O)[C@@H]1O)P(=O)(O)O. The van der Waals surface area contributed by atoms with Crippen molar-refractivity contribution in [3.63, 3.8) is 0 Å². The van der Waals surface area contributed by atoms with Gasteiger partial charge in [-0.3, -0.25) is 15.4 Å². The number of aliphatic hydroxyl groups excluding tert-OH is 3. The highest BCUT2D eigenvalue weighted by Crippen LogP contribution is 2.51. The van der Waals surface area contributed by atoms with Gasteiger partial charge in [-0.25, -0.2) is 9.98 Å². The summed E-state index contributed by atoms with van der Waals surface area (Å²) < 4.78 is 28.0. The van der Waals surface area contributed by atoms with Gasteiger partial charge in [0.15, 0.2) is 0 Å². The molecule has 37 heavy (non-hydrogen) atoms. The average molecular weight is 566 g/mol. The molecule has 8 N–H and O–H groups in total. The minimum Gasteiger partial charge on any atom is -0.393 e. The average Bonchev–Trinajstić information content (AvgIpc) is 3.07. The van der Waals surface area contributed by atoms with Gasteiger partial charge in [-0.1, -0.05) is 18.2 Å². The maximum absolute atomic E-state index is 12.1. The van der Waals surface area contributed by atoms with Crippen molar-refractivity contribution in [2.45, 2.75) is 55.1 Å². The van der Waals surface area contributed by atoms with Gasteiger partial charge in [0.2, 0.25) is 10.6 Å². The molecule has 0 aromatic heterocycles. The van der Waals surface area contributed by atoms with Crippen LogP contribution in [0.5, 0.6) is 0 Å². The molecule has 1 saturated carbocycles. The number of nitrogens with one attached hydrogen (secondary N) is 3. The molecule has 0 radical (unpaired) electrons. The van der Waals surface area contributed by atoms with Crippen LogP contribution in [0, 0.1) is 10.8 Å². The predicted octanol–water partition coefficient (Wildman–Crippen LogP) is -0.120. The molecule has 2 aliphatic rings. The van der Waals surface area contributed by atoms with E-state index in [2.05, 4.69) is 22.0 Å². The van der Waals surface area contributed by atoms with Gasteiger partial charge in [-0.15, -0.1) is 0 Å². The van der Waals surface area contributed by atoms with Crippen LogP contribution in [0.3, 0.4) is 0 Å². The Morgan fingerprint density at radius 2 is 1.97 bits per heavy atom. The second kappa shape index (κ2) is 14.4. The minimum absolute atomic E-state index is 0.259. The number of ether oxygens (including phenoxy) is 3. The molecule has 2 fully saturated rings. The fraction of sp³-hybridized carbons (Fsp3) is 0.619. The Labute approximate surface area is 218 Å². The second-order valence-electron chi connectivity index (χ2n) is 8.48. The van der Waals surface area contributed by atoms with E-state index in [1.54, 1.807) is 12.2 Å². The monoisotopic (exact) mass is 565 g/mol. The Balaban J connectivity index is 2.00. The Hall–Kier alpha value is -1.84. The van der Waals surface area contributed by atoms with Crippen molar-refractivity contribution in [1.29, 1.82) is 10.8 Å². The maximum atomic E-state index is 12.1. The van der Waals surface area contributed by atoms with Crippen LogP contribution in [-0.4, -0.2) is 111 Å². The van der Waals surface area contributed by atoms with Crippen molar-refractivity contribution in [3.05, 3.63) is 24.3 Å². The predicted molar refractivity (Wildman–Crippen MR) is 137 cm³/mol. The van der Waals surface area contributed by atoms with Crippen molar-refractivity contribution in [2.24, 2.45) is 9.98 Å². The summed E-state index contributed by atoms with van der Waals surface area (Å²) in [6.45, 7) is 0.189. The summed E-state index contributed by atoms with van der Waals surface area (Å²) in [6, 6.07) is 0.259. The van der Waals surface area contributed by atoms with Crippen LogP contribution >= 0.6 is 19.2 Å². The van der Waals surface area contributed by atoms with Gasteiger partial charge >= 0.3 is 7.60 Å². The molecule has 0 spiro atoms. The van der Waals surface area contributed by atoms with E-state index in [-0.39, 0.29) is 17.2 Å². The lowest BCUT2D eigenvalue weighted by Gasteiger charge is -2.33. The van der Waals surface area contributed by atoms with Gasteiger partial charge in [0.1, 0.15) is 42.7 Å². The van der Waals surface area contributed by atoms with Crippen LogP contribution < -0.4 is 5.32 Å². The Morgan fingerprint density at radius 1 is 1.27 bits per heavy atom. The van der Waals surface area contributed by atoms with Gasteiger partial charge in [0.05, 0.1) is 19.8 Å². The second-order valence-corrected chi connectivity index (χ2v) is 10.7. The molecule has 1 heterocycles. The van der Waals surface area contributed by atoms with Crippen LogP contribution in [0.1, 0.15) is 19.3 Å². The highest BCUT2D eigenvalue weighted by molar-refractivity contribution is 7.53. The Kier molecular flexibility index (Phi) is 12.2. The smallest absolute Gasteiger partial charge is 0.361 e. The molecule has 0 aromatic carbocycles. The lowest BCUT2D eigenvalue weighted by molar-refractivity contribution is -0.118. The number of rotatable bonds is 13. The molecule has 1 aliphatic carbocycles. The van der Waals surface area contributed by atoms with Gasteiger partial charge in [0.25, 0.3) is 0 Å². The van der Waals surface area contributed by atoms with Gasteiger partial charge in [-0.2, -0.15) is 0 Å². The molecule has 5 atom stereocenters. The third-order valence-electron chi connectivity index (χ3n) is 5.79. The summed E-state index contributed by atoms with van der Waals surface area (Å²) >= 11 is 5.56. The molecule has 0 aromatic rings. The number of hydrogen-bond acceptors (Lipinski definition) is 9. The lowest BCUT2D eigenvalue weighted by atomic mass is 9.93. The number of amidine groups is 3. The van der Waals surface area contributed by atoms with E-state index >= 15 is 0 Å². The highest BCUT2D eigenvalue weighted by Gasteiger charge is 2.50. The topological polar surface area (TPSA) is 230 Å². The highest BCUT2D eigenvalue weighted by atomic mass is 35.5. The Bertz CT molecular complexity index is 955. The van der Waals surface area contributed by atoms with Crippen LogP contribution in [0.15, 0.2) is 34.3 Å². The molecule has 0 bridgehead atoms. The standard InChI is InChI=1S/C21H33ClN5O9P/c1-25-16(23)10-34-12-21(11-28,37(31,32)33)35-9-15-19(30)18(29)14(36-15)7-2-3-8-17(27-20(22)24)26-13-5-4-6-13/h2-3,7-8,13-15,18-19,23,28-30H,1,4-6,9-12H2,(H2,24,26,27)(H2,31,32,33)/b7-2+,8-3+,23-16?/t14-,15+,18-,19+,21?/m0/s1. The number of aliphatic hydroxyl groups is 3. The summed E-state index contributed by atoms with van der Waals surface area (Å²) in [7, 11) is -5.11. The van der Waals surface area contributed by atoms with Crippen LogP contribution in [0.2, 0.25) is 0 Å². The van der Waals surface area contributed by atoms with E-state index in [9.17, 15) is 29.7 Å². The van der Waals surface area contributed by atoms with Crippen LogP contribution in [0.25, 0.3) is 0 Å². The van der Waals surface area contributed by atoms with Gasteiger partial charge in [0, 0.05) is 6.04 Å². The first-order chi connectivity index (χ1) is 17.4. The zero-order chi connectivity index (χ0) is 27.6. The van der Waals surface area contributed by atoms with Gasteiger partial charge < -0.3 is 44.6 Å². The quantitative estimate of drug-likeness (QED) is 0.0485. The van der Waals surface area contributed by atoms with Crippen molar-refractivity contribution in [2.75, 3.05) is 26.4 Å². The molecule has 14 nitrogen and oxygen atoms in total. The fourth-order valence-corrected chi connectivity index (χ4v) is 4.14. The normalized spacial score (nSPS) is 26.8. The third-order valence-corrected chi connectivity index (χ3v) is 7.34. The van der Waals surface area contributed by atoms with Crippen molar-refractivity contribution < 1.29 is 43.9 Å². The van der Waals surface area contributed by atoms with Crippen LogP contribution in [0.4, 0.5) is 0 Å². The maximum Gasteiger partial charge on any atom is 0.361 e. The molecule has 16 heteroatoms. The van der Waals surface area contributed by atoms with Crippen molar-refractivity contribution in [1.82, 2.24) is 5.32 Å². The summed E-state index contributed by atoms with van der Waals surface area (Å²) in [4.78, 5) is 26.7. The van der Waals surface area contributed by atoms with E-state index in [0.29, 0.717) is 5.84 Å². The first-order valence-electron chi connectivity index (χ1n) is 11.3. The molecule has 208 valence electrons. The van der Waals surface area contributed by atoms with Crippen molar-refractivity contribution in [3.8, 4) is 0 Å². The largest absolute Gasteiger partial charge is 0.393 e. The minimum atomic E-state index is -5.11. The number of nitrogens with zero attached hydrogens (tertiary/aromatic N) is 2. The molecule has 1 saturated heterocycles. The van der Waals surface area contributed by atoms with E-state index < -0.39 is 63.8 Å². The number of aliphatic imine (C=N–C) groups is 2. The lowest BCUT2D eigenvalue weighted by Crippen LogP contribution is -2.45. The molecule has 1 unspecified atom stereocenters. The number of halogens is 1. The van der Waals surface area contributed by atoms with Crippen molar-refractivity contribution >= 4 is 42.9 Å². The first kappa shape index (κ1) is 31.4. The zero-order valence-corrected chi connectivity index (χ0v) is 21.6. The summed E-state index contributed by atoms with van der Waals surface area (Å²) in [5.74, 6) is 0.101. The van der Waals surface area contributed by atoms with E-state index in [4.69, 9.17) is 36.6 Å². The first-order valence-corrected chi connectivity index (χ1v) is 13.3. The fourth-order valence-electron chi connectivity index (χ4n) is 3.36. The molecule has 1 aliphatic heterocycles.